The van der Waals surface area contributed by atoms with Crippen molar-refractivity contribution < 1.29 is 28.7 Å². The van der Waals surface area contributed by atoms with E-state index in [2.05, 4.69) is 15.5 Å². The molecule has 1 aromatic carbocycles. The minimum absolute atomic E-state index is 0.0360. The maximum Gasteiger partial charge on any atom is 0.398 e. The van der Waals surface area contributed by atoms with Crippen LogP contribution in [0.5, 0.6) is 0 Å². The van der Waals surface area contributed by atoms with Gasteiger partial charge in [0.25, 0.3) is 5.91 Å². The summed E-state index contributed by atoms with van der Waals surface area (Å²) in [5.74, 6) is -3.34. The van der Waals surface area contributed by atoms with Gasteiger partial charge in [0.15, 0.2) is 0 Å². The quantitative estimate of drug-likeness (QED) is 0.344. The minimum atomic E-state index is -1.11. The van der Waals surface area contributed by atoms with Crippen molar-refractivity contribution in [2.24, 2.45) is 0 Å². The van der Waals surface area contributed by atoms with Crippen LogP contribution in [0.1, 0.15) is 33.3 Å². The summed E-state index contributed by atoms with van der Waals surface area (Å²) in [6.07, 6.45) is 0.255. The highest BCUT2D eigenvalue weighted by atomic mass is 16.6. The van der Waals surface area contributed by atoms with Crippen LogP contribution >= 0.6 is 0 Å². The molecule has 0 fully saturated rings. The van der Waals surface area contributed by atoms with E-state index >= 15 is 0 Å². The summed E-state index contributed by atoms with van der Waals surface area (Å²) in [4.78, 5) is 47.2. The topological polar surface area (TPSA) is 123 Å². The van der Waals surface area contributed by atoms with E-state index in [9.17, 15) is 19.2 Å². The van der Waals surface area contributed by atoms with Gasteiger partial charge in [-0.2, -0.15) is 0 Å². The van der Waals surface area contributed by atoms with Crippen LogP contribution in [0.4, 0.5) is 0 Å². The number of carbonyl (C=O) groups is 4. The van der Waals surface area contributed by atoms with Crippen LogP contribution < -0.4 is 16.2 Å². The van der Waals surface area contributed by atoms with E-state index in [1.54, 1.807) is 27.7 Å². The van der Waals surface area contributed by atoms with E-state index < -0.39 is 35.4 Å². The van der Waals surface area contributed by atoms with Gasteiger partial charge in [-0.3, -0.25) is 30.6 Å². The van der Waals surface area contributed by atoms with E-state index in [0.29, 0.717) is 0 Å². The van der Waals surface area contributed by atoms with Gasteiger partial charge in [-0.25, -0.2) is 4.79 Å². The van der Waals surface area contributed by atoms with Crippen molar-refractivity contribution in [3.05, 3.63) is 35.9 Å². The lowest BCUT2D eigenvalue weighted by Crippen LogP contribution is -2.54. The van der Waals surface area contributed by atoms with E-state index in [-0.39, 0.29) is 19.6 Å². The largest absolute Gasteiger partial charge is 0.459 e. The second-order valence-corrected chi connectivity index (χ2v) is 6.87. The normalized spacial score (nSPS) is 11.9. The van der Waals surface area contributed by atoms with Crippen LogP contribution in [-0.4, -0.2) is 48.5 Å². The highest BCUT2D eigenvalue weighted by molar-refractivity contribution is 6.32. The molecular formula is C19H27N3O6. The molecule has 0 saturated heterocycles. The van der Waals surface area contributed by atoms with Gasteiger partial charge in [-0.1, -0.05) is 30.3 Å². The SMILES string of the molecule is CCOC(=O)C(=O)NNC(=O)[C@@H](Cc1ccccc1)NCC(=O)OC(C)(C)C. The maximum absolute atomic E-state index is 12.4. The first-order chi connectivity index (χ1) is 13.1. The second kappa shape index (κ2) is 11.0. The molecule has 154 valence electrons. The van der Waals surface area contributed by atoms with E-state index in [4.69, 9.17) is 4.74 Å². The van der Waals surface area contributed by atoms with Gasteiger partial charge in [0, 0.05) is 0 Å². The Labute approximate surface area is 164 Å². The molecule has 0 aromatic heterocycles. The fourth-order valence-corrected chi connectivity index (χ4v) is 2.14. The molecule has 1 atom stereocenters. The summed E-state index contributed by atoms with van der Waals surface area (Å²) in [7, 11) is 0. The van der Waals surface area contributed by atoms with Crippen LogP contribution in [-0.2, 0) is 35.1 Å². The number of hydrazine groups is 1. The van der Waals surface area contributed by atoms with Crippen molar-refractivity contribution in [3.63, 3.8) is 0 Å². The molecule has 28 heavy (non-hydrogen) atoms. The molecule has 0 aliphatic heterocycles. The molecule has 9 nitrogen and oxygen atoms in total. The lowest BCUT2D eigenvalue weighted by Gasteiger charge is -2.22. The van der Waals surface area contributed by atoms with Gasteiger partial charge >= 0.3 is 17.8 Å². The van der Waals surface area contributed by atoms with Crippen LogP contribution in [0.2, 0.25) is 0 Å². The van der Waals surface area contributed by atoms with E-state index in [0.717, 1.165) is 5.56 Å². The first kappa shape index (κ1) is 23.1. The predicted octanol–water partition coefficient (Wildman–Crippen LogP) is 0.240. The Hall–Kier alpha value is -2.94. The van der Waals surface area contributed by atoms with Crippen LogP contribution in [0.25, 0.3) is 0 Å². The average Bonchev–Trinajstić information content (AvgIpc) is 2.62. The Morgan fingerprint density at radius 2 is 1.68 bits per heavy atom. The van der Waals surface area contributed by atoms with Gasteiger partial charge in [-0.05, 0) is 39.7 Å². The van der Waals surface area contributed by atoms with Gasteiger partial charge in [0.1, 0.15) is 5.60 Å². The second-order valence-electron chi connectivity index (χ2n) is 6.87. The number of nitrogens with one attached hydrogen (secondary N) is 3. The average molecular weight is 393 g/mol. The molecule has 0 radical (unpaired) electrons. The molecule has 1 aromatic rings. The van der Waals surface area contributed by atoms with Gasteiger partial charge in [0.05, 0.1) is 19.2 Å². The van der Waals surface area contributed by atoms with Crippen LogP contribution in [0, 0.1) is 0 Å². The highest BCUT2D eigenvalue weighted by Crippen LogP contribution is 2.07. The predicted molar refractivity (Wildman–Crippen MR) is 101 cm³/mol. The monoisotopic (exact) mass is 393 g/mol. The summed E-state index contributed by atoms with van der Waals surface area (Å²) in [5.41, 5.74) is 4.34. The zero-order chi connectivity index (χ0) is 21.2. The zero-order valence-electron chi connectivity index (χ0n) is 16.5. The molecule has 2 amide bonds. The standard InChI is InChI=1S/C19H27N3O6/c1-5-27-18(26)17(25)22-21-16(24)14(11-13-9-7-6-8-10-13)20-12-15(23)28-19(2,3)4/h6-10,14,20H,5,11-12H2,1-4H3,(H,21,24)(H,22,25)/t14-/m1/s1. The number of ether oxygens (including phenoxy) is 2. The van der Waals surface area contributed by atoms with Gasteiger partial charge < -0.3 is 9.47 Å². The zero-order valence-corrected chi connectivity index (χ0v) is 16.5. The molecule has 0 unspecified atom stereocenters. The van der Waals surface area contributed by atoms with Crippen molar-refractivity contribution >= 4 is 23.8 Å². The smallest absolute Gasteiger partial charge is 0.398 e. The number of benzene rings is 1. The third-order valence-electron chi connectivity index (χ3n) is 3.27. The Morgan fingerprint density at radius 1 is 1.04 bits per heavy atom. The Balaban J connectivity index is 2.71. The van der Waals surface area contributed by atoms with E-state index in [1.165, 1.54) is 0 Å². The summed E-state index contributed by atoms with van der Waals surface area (Å²) in [5, 5.41) is 2.81. The molecule has 0 aliphatic rings. The maximum atomic E-state index is 12.4. The number of hydrogen-bond acceptors (Lipinski definition) is 7. The fraction of sp³-hybridized carbons (Fsp3) is 0.474. The molecule has 0 saturated carbocycles. The van der Waals surface area contributed by atoms with Crippen LogP contribution in [0.15, 0.2) is 30.3 Å². The molecule has 0 aliphatic carbocycles. The molecular weight excluding hydrogens is 366 g/mol. The Morgan fingerprint density at radius 3 is 2.25 bits per heavy atom. The number of esters is 2. The lowest BCUT2D eigenvalue weighted by atomic mass is 10.1. The van der Waals surface area contributed by atoms with E-state index in [1.807, 2.05) is 35.8 Å². The van der Waals surface area contributed by atoms with Crippen molar-refractivity contribution in [2.45, 2.75) is 45.8 Å². The first-order valence-electron chi connectivity index (χ1n) is 8.88. The van der Waals surface area contributed by atoms with Gasteiger partial charge in [0.2, 0.25) is 0 Å². The molecule has 0 spiro atoms. The molecule has 9 heteroatoms. The molecule has 3 N–H and O–H groups in total. The minimum Gasteiger partial charge on any atom is -0.459 e. The Bertz CT molecular complexity index is 685. The lowest BCUT2D eigenvalue weighted by molar-refractivity contribution is -0.155. The number of amides is 2. The van der Waals surface area contributed by atoms with Crippen molar-refractivity contribution in [1.82, 2.24) is 16.2 Å². The first-order valence-corrected chi connectivity index (χ1v) is 8.88. The van der Waals surface area contributed by atoms with Crippen molar-refractivity contribution in [3.8, 4) is 0 Å². The summed E-state index contributed by atoms with van der Waals surface area (Å²) in [6.45, 7) is 6.61. The molecule has 0 heterocycles. The fourth-order valence-electron chi connectivity index (χ4n) is 2.14. The molecule has 1 rings (SSSR count). The highest BCUT2D eigenvalue weighted by Gasteiger charge is 2.23. The van der Waals surface area contributed by atoms with Crippen molar-refractivity contribution in [2.75, 3.05) is 13.2 Å². The number of hydrogen-bond donors (Lipinski definition) is 3. The number of rotatable bonds is 7. The third-order valence-corrected chi connectivity index (χ3v) is 3.27. The molecule has 0 bridgehead atoms. The summed E-state index contributed by atoms with van der Waals surface area (Å²) >= 11 is 0. The van der Waals surface area contributed by atoms with Crippen molar-refractivity contribution in [1.29, 1.82) is 0 Å². The summed E-state index contributed by atoms with van der Waals surface area (Å²) < 4.78 is 9.75. The summed E-state index contributed by atoms with van der Waals surface area (Å²) in [6, 6.07) is 8.28. The number of carbonyl (C=O) groups excluding carboxylic acids is 4. The third kappa shape index (κ3) is 9.13. The van der Waals surface area contributed by atoms with Crippen LogP contribution in [0.3, 0.4) is 0 Å². The van der Waals surface area contributed by atoms with Gasteiger partial charge in [-0.15, -0.1) is 0 Å². The Kier molecular flexibility index (Phi) is 9.10.